The van der Waals surface area contributed by atoms with Gasteiger partial charge in [-0.15, -0.1) is 0 Å². The predicted octanol–water partition coefficient (Wildman–Crippen LogP) is 0.121. The number of hydrogen-bond acceptors (Lipinski definition) is 6. The number of hydrogen-bond donors (Lipinski definition) is 1. The monoisotopic (exact) mass is 408 g/mol. The molecule has 3 rings (SSSR count). The first-order valence-electron chi connectivity index (χ1n) is 9.62. The molecule has 158 valence electrons. The number of aliphatic hydroxyl groups is 1. The van der Waals surface area contributed by atoms with E-state index in [1.165, 1.54) is 23.1 Å². The number of carbonyl (C=O) groups is 3. The summed E-state index contributed by atoms with van der Waals surface area (Å²) in [5, 5.41) is 9.93. The zero-order valence-corrected chi connectivity index (χ0v) is 16.3. The number of halogens is 1. The molecule has 3 atom stereocenters. The first-order chi connectivity index (χ1) is 13.8. The highest BCUT2D eigenvalue weighted by molar-refractivity contribution is 5.88. The van der Waals surface area contributed by atoms with Crippen molar-refractivity contribution < 1.29 is 33.4 Å². The van der Waals surface area contributed by atoms with E-state index < -0.39 is 36.4 Å². The van der Waals surface area contributed by atoms with E-state index in [2.05, 4.69) is 0 Å². The van der Waals surface area contributed by atoms with Gasteiger partial charge in [0.05, 0.1) is 25.2 Å². The lowest BCUT2D eigenvalue weighted by Gasteiger charge is -2.31. The van der Waals surface area contributed by atoms with Crippen LogP contribution < -0.4 is 0 Å². The zero-order chi connectivity index (χ0) is 21.0. The fourth-order valence-electron chi connectivity index (χ4n) is 3.58. The maximum atomic E-state index is 13.8. The number of benzene rings is 1. The molecule has 0 radical (unpaired) electrons. The normalized spacial score (nSPS) is 24.4. The second-order valence-corrected chi connectivity index (χ2v) is 7.35. The molecule has 2 aliphatic heterocycles. The van der Waals surface area contributed by atoms with Gasteiger partial charge in [-0.2, -0.15) is 0 Å². The van der Waals surface area contributed by atoms with Crippen LogP contribution >= 0.6 is 0 Å². The molecule has 3 unspecified atom stereocenters. The number of amides is 2. The molecule has 0 bridgehead atoms. The molecule has 2 aliphatic rings. The molecular formula is C20H25FN2O6. The van der Waals surface area contributed by atoms with Crippen LogP contribution in [0.5, 0.6) is 0 Å². The molecule has 29 heavy (non-hydrogen) atoms. The molecule has 2 heterocycles. The summed E-state index contributed by atoms with van der Waals surface area (Å²) in [6.45, 7) is 2.65. The SMILES string of the molecule is CC1CN(C(=O)COC(=O)C2CC(O)CN2C(=O)Cc2ccccc2F)CCO1. The van der Waals surface area contributed by atoms with Crippen molar-refractivity contribution in [2.24, 2.45) is 0 Å². The second kappa shape index (κ2) is 9.32. The van der Waals surface area contributed by atoms with Crippen LogP contribution in [0.4, 0.5) is 4.39 Å². The number of likely N-dealkylation sites (tertiary alicyclic amines) is 1. The Labute approximate surface area is 168 Å². The van der Waals surface area contributed by atoms with Crippen molar-refractivity contribution in [2.45, 2.75) is 38.0 Å². The Balaban J connectivity index is 1.57. The molecule has 0 saturated carbocycles. The maximum absolute atomic E-state index is 13.8. The lowest BCUT2D eigenvalue weighted by molar-refractivity contribution is -0.159. The van der Waals surface area contributed by atoms with Crippen LogP contribution in [0.3, 0.4) is 0 Å². The Bertz CT molecular complexity index is 773. The van der Waals surface area contributed by atoms with Crippen molar-refractivity contribution in [2.75, 3.05) is 32.8 Å². The van der Waals surface area contributed by atoms with Crippen molar-refractivity contribution >= 4 is 17.8 Å². The average Bonchev–Trinajstić information content (AvgIpc) is 3.09. The van der Waals surface area contributed by atoms with Gasteiger partial charge >= 0.3 is 5.97 Å². The number of rotatable bonds is 5. The van der Waals surface area contributed by atoms with Crippen molar-refractivity contribution in [3.05, 3.63) is 35.6 Å². The largest absolute Gasteiger partial charge is 0.454 e. The van der Waals surface area contributed by atoms with Crippen molar-refractivity contribution in [1.82, 2.24) is 9.80 Å². The lowest BCUT2D eigenvalue weighted by atomic mass is 10.1. The summed E-state index contributed by atoms with van der Waals surface area (Å²) in [5.41, 5.74) is 0.211. The van der Waals surface area contributed by atoms with E-state index in [0.717, 1.165) is 0 Å². The lowest BCUT2D eigenvalue weighted by Crippen LogP contribution is -2.47. The smallest absolute Gasteiger partial charge is 0.329 e. The van der Waals surface area contributed by atoms with E-state index in [-0.39, 0.29) is 37.0 Å². The minimum atomic E-state index is -0.999. The highest BCUT2D eigenvalue weighted by Crippen LogP contribution is 2.21. The minimum Gasteiger partial charge on any atom is -0.454 e. The van der Waals surface area contributed by atoms with Crippen molar-refractivity contribution in [3.8, 4) is 0 Å². The van der Waals surface area contributed by atoms with Crippen LogP contribution in [-0.4, -0.2) is 83.8 Å². The van der Waals surface area contributed by atoms with Crippen LogP contribution in [0.25, 0.3) is 0 Å². The Kier molecular flexibility index (Phi) is 6.81. The van der Waals surface area contributed by atoms with Gasteiger partial charge < -0.3 is 24.4 Å². The number of nitrogens with zero attached hydrogens (tertiary/aromatic N) is 2. The van der Waals surface area contributed by atoms with Crippen molar-refractivity contribution in [1.29, 1.82) is 0 Å². The van der Waals surface area contributed by atoms with Gasteiger partial charge in [-0.1, -0.05) is 18.2 Å². The molecule has 0 aromatic heterocycles. The number of morpholine rings is 1. The Hall–Kier alpha value is -2.52. The van der Waals surface area contributed by atoms with E-state index in [9.17, 15) is 23.9 Å². The zero-order valence-electron chi connectivity index (χ0n) is 16.3. The summed E-state index contributed by atoms with van der Waals surface area (Å²) >= 11 is 0. The summed E-state index contributed by atoms with van der Waals surface area (Å²) in [6, 6.07) is 4.89. The Morgan fingerprint density at radius 3 is 2.72 bits per heavy atom. The number of β-amino-alcohol motifs (C(OH)–C–C–N with tert-alkyl or cyclic N) is 1. The summed E-state index contributed by atoms with van der Waals surface area (Å²) in [5.74, 6) is -2.08. The molecule has 2 saturated heterocycles. The van der Waals surface area contributed by atoms with Gasteiger partial charge in [0.2, 0.25) is 5.91 Å². The fraction of sp³-hybridized carbons (Fsp3) is 0.550. The molecule has 2 fully saturated rings. The fourth-order valence-corrected chi connectivity index (χ4v) is 3.58. The number of ether oxygens (including phenoxy) is 2. The van der Waals surface area contributed by atoms with Gasteiger partial charge in [-0.3, -0.25) is 9.59 Å². The van der Waals surface area contributed by atoms with Crippen molar-refractivity contribution in [3.63, 3.8) is 0 Å². The van der Waals surface area contributed by atoms with Gasteiger partial charge in [-0.05, 0) is 18.6 Å². The maximum Gasteiger partial charge on any atom is 0.329 e. The molecule has 9 heteroatoms. The Morgan fingerprint density at radius 2 is 2.00 bits per heavy atom. The van der Waals surface area contributed by atoms with Crippen LogP contribution in [0.1, 0.15) is 18.9 Å². The van der Waals surface area contributed by atoms with E-state index >= 15 is 0 Å². The topological polar surface area (TPSA) is 96.4 Å². The van der Waals surface area contributed by atoms with E-state index in [1.807, 2.05) is 6.92 Å². The van der Waals surface area contributed by atoms with Crippen LogP contribution in [-0.2, 0) is 30.3 Å². The van der Waals surface area contributed by atoms with Gasteiger partial charge in [-0.25, -0.2) is 9.18 Å². The summed E-state index contributed by atoms with van der Waals surface area (Å²) < 4.78 is 24.3. The van der Waals surface area contributed by atoms with Crippen LogP contribution in [0, 0.1) is 5.82 Å². The molecule has 0 aliphatic carbocycles. The first-order valence-corrected chi connectivity index (χ1v) is 9.62. The van der Waals surface area contributed by atoms with Gasteiger partial charge in [0.25, 0.3) is 5.91 Å². The van der Waals surface area contributed by atoms with Crippen LogP contribution in [0.2, 0.25) is 0 Å². The van der Waals surface area contributed by atoms with Crippen LogP contribution in [0.15, 0.2) is 24.3 Å². The van der Waals surface area contributed by atoms with E-state index in [1.54, 1.807) is 11.0 Å². The highest BCUT2D eigenvalue weighted by atomic mass is 19.1. The molecule has 8 nitrogen and oxygen atoms in total. The molecular weight excluding hydrogens is 383 g/mol. The van der Waals surface area contributed by atoms with E-state index in [0.29, 0.717) is 19.7 Å². The summed E-state index contributed by atoms with van der Waals surface area (Å²) in [4.78, 5) is 40.1. The number of esters is 1. The second-order valence-electron chi connectivity index (χ2n) is 7.35. The number of aliphatic hydroxyl groups excluding tert-OH is 1. The third kappa shape index (κ3) is 5.30. The molecule has 1 aromatic rings. The number of carbonyl (C=O) groups excluding carboxylic acids is 3. The molecule has 1 N–H and O–H groups in total. The van der Waals surface area contributed by atoms with Gasteiger partial charge in [0.15, 0.2) is 6.61 Å². The Morgan fingerprint density at radius 1 is 1.24 bits per heavy atom. The first kappa shape index (κ1) is 21.2. The average molecular weight is 408 g/mol. The standard InChI is InChI=1S/C20H25FN2O6/c1-13-10-22(6-7-28-13)19(26)12-29-20(27)17-9-15(24)11-23(17)18(25)8-14-4-2-3-5-16(14)21/h2-5,13,15,17,24H,6-12H2,1H3. The van der Waals surface area contributed by atoms with E-state index in [4.69, 9.17) is 9.47 Å². The summed E-state index contributed by atoms with van der Waals surface area (Å²) in [6.07, 6.45) is -1.17. The van der Waals surface area contributed by atoms with Gasteiger partial charge in [0, 0.05) is 26.1 Å². The summed E-state index contributed by atoms with van der Waals surface area (Å²) in [7, 11) is 0. The third-order valence-electron chi connectivity index (χ3n) is 5.10. The molecule has 0 spiro atoms. The molecule has 2 amide bonds. The highest BCUT2D eigenvalue weighted by Gasteiger charge is 2.40. The van der Waals surface area contributed by atoms with Gasteiger partial charge in [0.1, 0.15) is 11.9 Å². The quantitative estimate of drug-likeness (QED) is 0.696. The minimum absolute atomic E-state index is 0.0185. The molecule has 1 aromatic carbocycles. The predicted molar refractivity (Wildman–Crippen MR) is 99.2 cm³/mol. The third-order valence-corrected chi connectivity index (χ3v) is 5.10.